The van der Waals surface area contributed by atoms with Crippen LogP contribution >= 0.6 is 0 Å². The van der Waals surface area contributed by atoms with Crippen LogP contribution in [0, 0.1) is 5.92 Å². The van der Waals surface area contributed by atoms with Gasteiger partial charge in [0.1, 0.15) is 0 Å². The Morgan fingerprint density at radius 1 is 1.44 bits per heavy atom. The minimum absolute atomic E-state index is 0.206. The molecule has 0 amide bonds. The first kappa shape index (κ1) is 6.38. The fourth-order valence-electron chi connectivity index (χ4n) is 0.569. The monoisotopic (exact) mass is 130 g/mol. The van der Waals surface area contributed by atoms with Crippen LogP contribution in [0.15, 0.2) is 0 Å². The summed E-state index contributed by atoms with van der Waals surface area (Å²) in [5.41, 5.74) is 0. The van der Waals surface area contributed by atoms with Crippen LogP contribution in [0.3, 0.4) is 0 Å². The van der Waals surface area contributed by atoms with E-state index in [0.717, 1.165) is 0 Å². The van der Waals surface area contributed by atoms with Gasteiger partial charge in [0.15, 0.2) is 6.29 Å². The number of hydrogen-bond donors (Lipinski definition) is 0. The van der Waals surface area contributed by atoms with Crippen molar-refractivity contribution < 1.29 is 19.4 Å². The molecule has 0 spiro atoms. The van der Waals surface area contributed by atoms with Crippen LogP contribution in [-0.2, 0) is 19.4 Å². The van der Waals surface area contributed by atoms with E-state index in [1.54, 1.807) is 0 Å². The minimum atomic E-state index is -0.451. The highest BCUT2D eigenvalue weighted by atomic mass is 17.2. The van der Waals surface area contributed by atoms with Crippen molar-refractivity contribution in [2.45, 2.75) is 0 Å². The molecule has 0 N–H and O–H groups in total. The summed E-state index contributed by atoms with van der Waals surface area (Å²) in [5.74, 6) is -0.824. The molecule has 1 fully saturated rings. The molecule has 0 saturated carbocycles. The maximum Gasteiger partial charge on any atom is 0.203 e. The van der Waals surface area contributed by atoms with Gasteiger partial charge in [-0.05, 0) is 0 Å². The lowest BCUT2D eigenvalue weighted by atomic mass is 10.1. The number of carbonyl (C=O) groups is 2. The average Bonchev–Trinajstić information content (AvgIpc) is 2.37. The predicted molar refractivity (Wildman–Crippen MR) is 26.5 cm³/mol. The summed E-state index contributed by atoms with van der Waals surface area (Å²) < 4.78 is 0. The van der Waals surface area contributed by atoms with Crippen molar-refractivity contribution in [2.24, 2.45) is 5.92 Å². The summed E-state index contributed by atoms with van der Waals surface area (Å²) in [4.78, 5) is 29.1. The lowest BCUT2D eigenvalue weighted by molar-refractivity contribution is -0.248. The fraction of sp³-hybridized carbons (Fsp3) is 0.600. The van der Waals surface area contributed by atoms with Gasteiger partial charge < -0.3 is 0 Å². The lowest BCUT2D eigenvalue weighted by Crippen LogP contribution is -2.17. The van der Waals surface area contributed by atoms with E-state index in [9.17, 15) is 9.59 Å². The van der Waals surface area contributed by atoms with Gasteiger partial charge in [-0.3, -0.25) is 9.59 Å². The van der Waals surface area contributed by atoms with Crippen molar-refractivity contribution in [1.29, 1.82) is 0 Å². The van der Waals surface area contributed by atoms with Gasteiger partial charge in [0.2, 0.25) is 5.78 Å². The Morgan fingerprint density at radius 3 is 2.44 bits per heavy atom. The first-order chi connectivity index (χ1) is 4.34. The molecule has 0 atom stereocenters. The number of Topliss-reactive ketones (excluding diaryl/α,β-unsaturated/α-hetero) is 1. The number of aldehydes is 1. The molecular formula is C5H6O4. The number of ketones is 1. The first-order valence-corrected chi connectivity index (χ1v) is 2.58. The molecule has 1 aliphatic heterocycles. The highest BCUT2D eigenvalue weighted by Gasteiger charge is 2.23. The average molecular weight is 130 g/mol. The molecule has 1 rings (SSSR count). The first-order valence-electron chi connectivity index (χ1n) is 2.58. The van der Waals surface area contributed by atoms with Gasteiger partial charge in [0, 0.05) is 0 Å². The minimum Gasteiger partial charge on any atom is -0.295 e. The number of rotatable bonds is 2. The normalized spacial score (nSPS) is 20.0. The Bertz CT molecular complexity index is 125. The van der Waals surface area contributed by atoms with E-state index in [1.165, 1.54) is 0 Å². The molecule has 50 valence electrons. The topological polar surface area (TPSA) is 52.6 Å². The summed E-state index contributed by atoms with van der Waals surface area (Å²) >= 11 is 0. The molecule has 0 unspecified atom stereocenters. The Balaban J connectivity index is 2.41. The standard InChI is InChI=1S/C5H6O4/c6-1-5(7)4-2-8-9-3-4/h1,4H,2-3H2. The highest BCUT2D eigenvalue weighted by molar-refractivity contribution is 6.26. The molecule has 4 nitrogen and oxygen atoms in total. The quantitative estimate of drug-likeness (QED) is 0.282. The summed E-state index contributed by atoms with van der Waals surface area (Å²) in [6.07, 6.45) is 0.294. The van der Waals surface area contributed by atoms with E-state index in [4.69, 9.17) is 0 Å². The Hall–Kier alpha value is -0.740. The van der Waals surface area contributed by atoms with Crippen molar-refractivity contribution >= 4 is 12.1 Å². The maximum absolute atomic E-state index is 10.5. The molecule has 0 aromatic rings. The second-order valence-corrected chi connectivity index (χ2v) is 1.79. The molecular weight excluding hydrogens is 124 g/mol. The molecule has 1 aliphatic rings. The third kappa shape index (κ3) is 1.34. The molecule has 4 heteroatoms. The Labute approximate surface area is 51.7 Å². The van der Waals surface area contributed by atoms with E-state index in [-0.39, 0.29) is 19.1 Å². The summed E-state index contributed by atoms with van der Waals surface area (Å²) in [6, 6.07) is 0. The van der Waals surface area contributed by atoms with E-state index in [1.807, 2.05) is 0 Å². The van der Waals surface area contributed by atoms with Gasteiger partial charge in [0.05, 0.1) is 19.1 Å². The molecule has 0 aromatic carbocycles. The van der Waals surface area contributed by atoms with Crippen LogP contribution < -0.4 is 0 Å². The molecule has 9 heavy (non-hydrogen) atoms. The number of carbonyl (C=O) groups excluding carboxylic acids is 2. The van der Waals surface area contributed by atoms with Gasteiger partial charge in [-0.15, -0.1) is 0 Å². The molecule has 0 bridgehead atoms. The molecule has 0 radical (unpaired) electrons. The highest BCUT2D eigenvalue weighted by Crippen LogP contribution is 2.06. The van der Waals surface area contributed by atoms with Crippen molar-refractivity contribution in [3.8, 4) is 0 Å². The van der Waals surface area contributed by atoms with Gasteiger partial charge in [-0.1, -0.05) is 0 Å². The zero-order chi connectivity index (χ0) is 6.69. The summed E-state index contributed by atoms with van der Waals surface area (Å²) in [6.45, 7) is 0.412. The Morgan fingerprint density at radius 2 is 2.00 bits per heavy atom. The predicted octanol–water partition coefficient (Wildman–Crippen LogP) is -0.668. The SMILES string of the molecule is O=CC(=O)C1COOC1. The largest absolute Gasteiger partial charge is 0.295 e. The van der Waals surface area contributed by atoms with Crippen LogP contribution in [0.4, 0.5) is 0 Å². The third-order valence-electron chi connectivity index (χ3n) is 1.14. The van der Waals surface area contributed by atoms with Crippen molar-refractivity contribution in [1.82, 2.24) is 0 Å². The van der Waals surface area contributed by atoms with Crippen molar-refractivity contribution in [2.75, 3.05) is 13.2 Å². The molecule has 1 heterocycles. The van der Waals surface area contributed by atoms with Gasteiger partial charge in [-0.25, -0.2) is 9.78 Å². The zero-order valence-corrected chi connectivity index (χ0v) is 4.70. The van der Waals surface area contributed by atoms with Crippen molar-refractivity contribution in [3.63, 3.8) is 0 Å². The van der Waals surface area contributed by atoms with Crippen LogP contribution in [0.25, 0.3) is 0 Å². The van der Waals surface area contributed by atoms with Crippen LogP contribution in [0.5, 0.6) is 0 Å². The Kier molecular flexibility index (Phi) is 1.92. The van der Waals surface area contributed by atoms with Crippen LogP contribution in [0.2, 0.25) is 0 Å². The van der Waals surface area contributed by atoms with E-state index in [0.29, 0.717) is 6.29 Å². The second-order valence-electron chi connectivity index (χ2n) is 1.79. The van der Waals surface area contributed by atoms with Crippen molar-refractivity contribution in [3.05, 3.63) is 0 Å². The third-order valence-corrected chi connectivity index (χ3v) is 1.14. The molecule has 0 aliphatic carbocycles. The van der Waals surface area contributed by atoms with E-state index in [2.05, 4.69) is 9.78 Å². The van der Waals surface area contributed by atoms with Gasteiger partial charge >= 0.3 is 0 Å². The molecule has 1 saturated heterocycles. The zero-order valence-electron chi connectivity index (χ0n) is 4.70. The molecule has 0 aromatic heterocycles. The van der Waals surface area contributed by atoms with Crippen LogP contribution in [0.1, 0.15) is 0 Å². The van der Waals surface area contributed by atoms with E-state index < -0.39 is 5.78 Å². The smallest absolute Gasteiger partial charge is 0.203 e. The number of hydrogen-bond acceptors (Lipinski definition) is 4. The maximum atomic E-state index is 10.5. The van der Waals surface area contributed by atoms with Gasteiger partial charge in [0.25, 0.3) is 0 Å². The lowest BCUT2D eigenvalue weighted by Gasteiger charge is -1.92. The van der Waals surface area contributed by atoms with Crippen LogP contribution in [-0.4, -0.2) is 25.3 Å². The summed E-state index contributed by atoms with van der Waals surface area (Å²) in [7, 11) is 0. The summed E-state index contributed by atoms with van der Waals surface area (Å²) in [5, 5.41) is 0. The fourth-order valence-corrected chi connectivity index (χ4v) is 0.569. The van der Waals surface area contributed by atoms with Gasteiger partial charge in [-0.2, -0.15) is 0 Å². The van der Waals surface area contributed by atoms with E-state index >= 15 is 0 Å². The second kappa shape index (κ2) is 2.70.